The largest absolute Gasteiger partial charge is 0.392 e. The fourth-order valence-electron chi connectivity index (χ4n) is 7.02. The van der Waals surface area contributed by atoms with Gasteiger partial charge in [-0.05, 0) is 63.8 Å². The molecule has 3 N–H and O–H groups in total. The molecule has 11 heteroatoms. The van der Waals surface area contributed by atoms with E-state index in [4.69, 9.17) is 15.0 Å². The molecule has 7 heterocycles. The number of carbonyl (C=O) groups is 1. The van der Waals surface area contributed by atoms with Gasteiger partial charge in [-0.1, -0.05) is 6.07 Å². The summed E-state index contributed by atoms with van der Waals surface area (Å²) in [4.78, 5) is 38.5. The van der Waals surface area contributed by atoms with Gasteiger partial charge in [-0.25, -0.2) is 19.9 Å². The van der Waals surface area contributed by atoms with Crippen LogP contribution >= 0.6 is 0 Å². The third kappa shape index (κ3) is 4.46. The molecule has 4 aliphatic rings. The normalized spacial score (nSPS) is 26.9. The lowest BCUT2D eigenvalue weighted by Gasteiger charge is -2.32. The molecular formula is C29H36N8O3. The van der Waals surface area contributed by atoms with Crippen molar-refractivity contribution in [2.75, 3.05) is 30.4 Å². The standard InChI is InChI=1S/C29H36N8O3/c1-16(38)23-11-18-13-30-29(34-26(18)27(32-23)37-19-4-5-20(37)7-6-19)33-25-8-3-17-14-36(10-9-22(17)31-25)28(40)24-12-21(39)15-35(24)2/h3,8,11,13,16,19-21,24,38-39H,4-7,9-10,12,14-15H2,1-2H3,(H,30,31,33,34)/t16?,19?,20?,21-,24+/m1/s1. The van der Waals surface area contributed by atoms with Crippen LogP contribution in [0.15, 0.2) is 24.4 Å². The summed E-state index contributed by atoms with van der Waals surface area (Å²) in [5.74, 6) is 2.03. The van der Waals surface area contributed by atoms with Crippen LogP contribution in [0.1, 0.15) is 62.1 Å². The van der Waals surface area contributed by atoms with E-state index in [2.05, 4.69) is 15.2 Å². The molecule has 1 unspecified atom stereocenters. The number of nitrogens with zero attached hydrogens (tertiary/aromatic N) is 7. The summed E-state index contributed by atoms with van der Waals surface area (Å²) in [6.07, 6.45) is 6.52. The van der Waals surface area contributed by atoms with Gasteiger partial charge < -0.3 is 25.3 Å². The van der Waals surface area contributed by atoms with Crippen molar-refractivity contribution in [3.63, 3.8) is 0 Å². The molecule has 0 aromatic carbocycles. The Hall–Kier alpha value is -3.41. The highest BCUT2D eigenvalue weighted by Gasteiger charge is 2.41. The van der Waals surface area contributed by atoms with E-state index in [-0.39, 0.29) is 11.9 Å². The van der Waals surface area contributed by atoms with E-state index < -0.39 is 12.2 Å². The average molecular weight is 545 g/mol. The number of hydrogen-bond acceptors (Lipinski definition) is 10. The zero-order valence-electron chi connectivity index (χ0n) is 23.0. The summed E-state index contributed by atoms with van der Waals surface area (Å²) in [5.41, 5.74) is 3.42. The Morgan fingerprint density at radius 2 is 1.90 bits per heavy atom. The number of pyridine rings is 2. The molecule has 3 aromatic heterocycles. The SMILES string of the molecule is CC(O)c1cc2cnc(Nc3ccc4c(n3)CCN(C(=O)[C@@H]3C[C@@H](O)CN3C)C4)nc2c(N2C3CCC2CC3)n1. The van der Waals surface area contributed by atoms with Gasteiger partial charge in [0.25, 0.3) is 0 Å². The highest BCUT2D eigenvalue weighted by molar-refractivity contribution is 5.90. The number of anilines is 3. The van der Waals surface area contributed by atoms with Crippen LogP contribution in [0.4, 0.5) is 17.6 Å². The monoisotopic (exact) mass is 544 g/mol. The minimum Gasteiger partial charge on any atom is -0.392 e. The predicted octanol–water partition coefficient (Wildman–Crippen LogP) is 2.30. The fraction of sp³-hybridized carbons (Fsp3) is 0.552. The quantitative estimate of drug-likeness (QED) is 0.440. The van der Waals surface area contributed by atoms with Crippen LogP contribution in [0.25, 0.3) is 10.9 Å². The molecule has 0 saturated carbocycles. The second kappa shape index (κ2) is 9.90. The Balaban J connectivity index is 1.13. The molecule has 0 radical (unpaired) electrons. The molecule has 40 heavy (non-hydrogen) atoms. The molecule has 11 nitrogen and oxygen atoms in total. The number of likely N-dealkylation sites (N-methyl/N-ethyl adjacent to an activating group) is 1. The van der Waals surface area contributed by atoms with Gasteiger partial charge in [0.05, 0.1) is 23.9 Å². The summed E-state index contributed by atoms with van der Waals surface area (Å²) < 4.78 is 0. The fourth-order valence-corrected chi connectivity index (χ4v) is 7.02. The van der Waals surface area contributed by atoms with E-state index in [0.717, 1.165) is 28.0 Å². The number of amides is 1. The van der Waals surface area contributed by atoms with Crippen molar-refractivity contribution in [3.05, 3.63) is 41.3 Å². The molecule has 7 rings (SSSR count). The third-order valence-corrected chi connectivity index (χ3v) is 9.10. The molecule has 3 fully saturated rings. The molecule has 3 aromatic rings. The number of fused-ring (bicyclic) bond motifs is 4. The minimum atomic E-state index is -0.669. The summed E-state index contributed by atoms with van der Waals surface area (Å²) in [6, 6.07) is 6.49. The summed E-state index contributed by atoms with van der Waals surface area (Å²) in [7, 11) is 1.89. The zero-order valence-corrected chi connectivity index (χ0v) is 23.0. The first-order chi connectivity index (χ1) is 19.3. The van der Waals surface area contributed by atoms with Gasteiger partial charge in [0.2, 0.25) is 11.9 Å². The molecule has 3 saturated heterocycles. The van der Waals surface area contributed by atoms with Gasteiger partial charge in [-0.3, -0.25) is 9.69 Å². The second-order valence-electron chi connectivity index (χ2n) is 11.8. The zero-order chi connectivity index (χ0) is 27.5. The molecule has 3 atom stereocenters. The summed E-state index contributed by atoms with van der Waals surface area (Å²) >= 11 is 0. The lowest BCUT2D eigenvalue weighted by Crippen LogP contribution is -2.46. The van der Waals surface area contributed by atoms with Crippen LogP contribution in [0.5, 0.6) is 0 Å². The number of aromatic nitrogens is 4. The van der Waals surface area contributed by atoms with E-state index in [9.17, 15) is 15.0 Å². The molecule has 2 bridgehead atoms. The second-order valence-corrected chi connectivity index (χ2v) is 11.8. The summed E-state index contributed by atoms with van der Waals surface area (Å²) in [6.45, 7) is 3.40. The smallest absolute Gasteiger partial charge is 0.240 e. The van der Waals surface area contributed by atoms with Crippen LogP contribution in [-0.2, 0) is 17.8 Å². The van der Waals surface area contributed by atoms with Gasteiger partial charge in [0.15, 0.2) is 5.82 Å². The Morgan fingerprint density at radius 1 is 1.12 bits per heavy atom. The Bertz CT molecular complexity index is 1440. The average Bonchev–Trinajstić information content (AvgIpc) is 3.65. The van der Waals surface area contributed by atoms with E-state index in [0.29, 0.717) is 62.0 Å². The van der Waals surface area contributed by atoms with Crippen molar-refractivity contribution in [2.24, 2.45) is 0 Å². The van der Waals surface area contributed by atoms with Crippen molar-refractivity contribution in [1.82, 2.24) is 29.7 Å². The van der Waals surface area contributed by atoms with Gasteiger partial charge in [-0.15, -0.1) is 0 Å². The van der Waals surface area contributed by atoms with Crippen LogP contribution in [0.2, 0.25) is 0 Å². The van der Waals surface area contributed by atoms with Crippen molar-refractivity contribution >= 4 is 34.4 Å². The topological polar surface area (TPSA) is 131 Å². The highest BCUT2D eigenvalue weighted by Crippen LogP contribution is 2.42. The number of nitrogens with one attached hydrogen (secondary N) is 1. The number of likely N-dealkylation sites (tertiary alicyclic amines) is 1. The number of β-amino-alcohol motifs (C(OH)–C–C–N with tert-alkyl or cyclic N) is 1. The Labute approximate surface area is 233 Å². The lowest BCUT2D eigenvalue weighted by atomic mass is 10.0. The van der Waals surface area contributed by atoms with Gasteiger partial charge in [0.1, 0.15) is 11.3 Å². The third-order valence-electron chi connectivity index (χ3n) is 9.10. The maximum absolute atomic E-state index is 13.1. The van der Waals surface area contributed by atoms with Crippen LogP contribution in [-0.4, -0.2) is 90.2 Å². The maximum atomic E-state index is 13.1. The molecule has 4 aliphatic heterocycles. The highest BCUT2D eigenvalue weighted by atomic mass is 16.3. The van der Waals surface area contributed by atoms with E-state index >= 15 is 0 Å². The summed E-state index contributed by atoms with van der Waals surface area (Å²) in [5, 5.41) is 24.4. The first-order valence-corrected chi connectivity index (χ1v) is 14.4. The predicted molar refractivity (Wildman–Crippen MR) is 150 cm³/mol. The Kier molecular flexibility index (Phi) is 6.32. The number of aliphatic hydroxyl groups is 2. The minimum absolute atomic E-state index is 0.0751. The number of aliphatic hydroxyl groups excluding tert-OH is 2. The van der Waals surface area contributed by atoms with Gasteiger partial charge >= 0.3 is 0 Å². The Morgan fingerprint density at radius 3 is 2.60 bits per heavy atom. The van der Waals surface area contributed by atoms with E-state index in [1.54, 1.807) is 13.1 Å². The lowest BCUT2D eigenvalue weighted by molar-refractivity contribution is -0.136. The molecule has 1 amide bonds. The van der Waals surface area contributed by atoms with Crippen LogP contribution in [0.3, 0.4) is 0 Å². The molecule has 0 aliphatic carbocycles. The van der Waals surface area contributed by atoms with Gasteiger partial charge in [0, 0.05) is 55.4 Å². The first kappa shape index (κ1) is 25.6. The van der Waals surface area contributed by atoms with Crippen LogP contribution < -0.4 is 10.2 Å². The number of rotatable bonds is 5. The number of hydrogen-bond donors (Lipinski definition) is 3. The maximum Gasteiger partial charge on any atom is 0.240 e. The first-order valence-electron chi connectivity index (χ1n) is 14.4. The van der Waals surface area contributed by atoms with E-state index in [1.165, 1.54) is 25.7 Å². The van der Waals surface area contributed by atoms with Gasteiger partial charge in [-0.2, -0.15) is 0 Å². The molecule has 0 spiro atoms. The van der Waals surface area contributed by atoms with Crippen molar-refractivity contribution in [1.29, 1.82) is 0 Å². The van der Waals surface area contributed by atoms with Crippen molar-refractivity contribution in [3.8, 4) is 0 Å². The molecular weight excluding hydrogens is 508 g/mol. The number of carbonyl (C=O) groups excluding carboxylic acids is 1. The van der Waals surface area contributed by atoms with Crippen molar-refractivity contribution < 1.29 is 15.0 Å². The van der Waals surface area contributed by atoms with Crippen LogP contribution in [0, 0.1) is 0 Å². The van der Waals surface area contributed by atoms with E-state index in [1.807, 2.05) is 35.0 Å². The molecule has 210 valence electrons. The van der Waals surface area contributed by atoms with Crippen molar-refractivity contribution in [2.45, 2.75) is 82.3 Å².